The molecule has 1 aliphatic heterocycles. The molecule has 180 valence electrons. The van der Waals surface area contributed by atoms with Gasteiger partial charge in [-0.3, -0.25) is 4.79 Å². The van der Waals surface area contributed by atoms with Gasteiger partial charge in [0, 0.05) is 35.6 Å². The molecule has 1 fully saturated rings. The highest BCUT2D eigenvalue weighted by molar-refractivity contribution is 7.88. The Bertz CT molecular complexity index is 1050. The van der Waals surface area contributed by atoms with Crippen LogP contribution in [-0.2, 0) is 27.0 Å². The van der Waals surface area contributed by atoms with Crippen LogP contribution in [0.15, 0.2) is 42.5 Å². The number of para-hydroxylation sites is 1. The number of carbonyl (C=O) groups is 1. The number of nitrogens with zero attached hydrogens (tertiary/aromatic N) is 1. The second kappa shape index (κ2) is 12.1. The van der Waals surface area contributed by atoms with Crippen LogP contribution in [0.4, 0.5) is 0 Å². The summed E-state index contributed by atoms with van der Waals surface area (Å²) in [6.07, 6.45) is 2.64. The van der Waals surface area contributed by atoms with Crippen molar-refractivity contribution in [2.45, 2.75) is 38.4 Å². The van der Waals surface area contributed by atoms with Crippen LogP contribution in [0.2, 0.25) is 10.0 Å². The monoisotopic (exact) mass is 512 g/mol. The Morgan fingerprint density at radius 1 is 1.12 bits per heavy atom. The van der Waals surface area contributed by atoms with Gasteiger partial charge in [-0.15, -0.1) is 0 Å². The molecule has 9 heteroatoms. The molecule has 0 atom stereocenters. The lowest BCUT2D eigenvalue weighted by molar-refractivity contribution is -0.126. The summed E-state index contributed by atoms with van der Waals surface area (Å²) in [5.74, 6) is 0.528. The van der Waals surface area contributed by atoms with Crippen molar-refractivity contribution in [3.05, 3.63) is 63.6 Å². The summed E-state index contributed by atoms with van der Waals surface area (Å²) in [4.78, 5) is 12.6. The number of hydrogen-bond acceptors (Lipinski definition) is 4. The molecule has 0 aliphatic carbocycles. The van der Waals surface area contributed by atoms with E-state index in [0.29, 0.717) is 54.7 Å². The number of hydrogen-bond donors (Lipinski definition) is 1. The highest BCUT2D eigenvalue weighted by Crippen LogP contribution is 2.26. The Balaban J connectivity index is 1.43. The fourth-order valence-electron chi connectivity index (χ4n) is 3.96. The molecule has 1 heterocycles. The van der Waals surface area contributed by atoms with Crippen LogP contribution >= 0.6 is 23.2 Å². The standard InChI is InChI=1S/C24H30Cl2N2O4S/c1-2-32-23-8-4-3-6-18(23)7-5-13-27-24(29)19-11-14-28(15-12-19)33(30,31)17-20-9-10-21(25)16-22(20)26/h3-4,6,8-10,16,19H,2,5,7,11-15,17H2,1H3,(H,27,29). The molecule has 1 N–H and O–H groups in total. The van der Waals surface area contributed by atoms with E-state index in [1.54, 1.807) is 18.2 Å². The molecule has 0 spiro atoms. The Morgan fingerprint density at radius 2 is 1.85 bits per heavy atom. The first kappa shape index (κ1) is 25.8. The summed E-state index contributed by atoms with van der Waals surface area (Å²) >= 11 is 12.0. The van der Waals surface area contributed by atoms with E-state index in [1.807, 2.05) is 31.2 Å². The van der Waals surface area contributed by atoms with Gasteiger partial charge in [-0.1, -0.05) is 47.5 Å². The Kier molecular flexibility index (Phi) is 9.44. The van der Waals surface area contributed by atoms with Crippen molar-refractivity contribution < 1.29 is 17.9 Å². The summed E-state index contributed by atoms with van der Waals surface area (Å²) in [5.41, 5.74) is 1.65. The maximum Gasteiger partial charge on any atom is 0.223 e. The number of carbonyl (C=O) groups excluding carboxylic acids is 1. The van der Waals surface area contributed by atoms with Gasteiger partial charge in [-0.05, 0) is 61.9 Å². The van der Waals surface area contributed by atoms with Crippen LogP contribution in [0, 0.1) is 5.92 Å². The zero-order valence-electron chi connectivity index (χ0n) is 18.7. The zero-order valence-corrected chi connectivity index (χ0v) is 21.1. The van der Waals surface area contributed by atoms with E-state index >= 15 is 0 Å². The third-order valence-electron chi connectivity index (χ3n) is 5.77. The number of ether oxygens (including phenoxy) is 1. The molecule has 1 amide bonds. The minimum Gasteiger partial charge on any atom is -0.494 e. The molecule has 0 bridgehead atoms. The van der Waals surface area contributed by atoms with E-state index in [9.17, 15) is 13.2 Å². The molecule has 1 saturated heterocycles. The van der Waals surface area contributed by atoms with Gasteiger partial charge in [0.15, 0.2) is 0 Å². The summed E-state index contributed by atoms with van der Waals surface area (Å²) in [7, 11) is -3.52. The van der Waals surface area contributed by atoms with E-state index in [-0.39, 0.29) is 17.6 Å². The highest BCUT2D eigenvalue weighted by Gasteiger charge is 2.31. The van der Waals surface area contributed by atoms with Gasteiger partial charge >= 0.3 is 0 Å². The molecular weight excluding hydrogens is 483 g/mol. The third-order valence-corrected chi connectivity index (χ3v) is 8.18. The lowest BCUT2D eigenvalue weighted by Gasteiger charge is -2.30. The topological polar surface area (TPSA) is 75.7 Å². The zero-order chi connectivity index (χ0) is 23.8. The Labute approximate surface area is 206 Å². The molecule has 0 saturated carbocycles. The lowest BCUT2D eigenvalue weighted by Crippen LogP contribution is -2.43. The van der Waals surface area contributed by atoms with Crippen LogP contribution in [0.5, 0.6) is 5.75 Å². The molecule has 0 aromatic heterocycles. The average Bonchev–Trinajstić information content (AvgIpc) is 2.80. The maximum atomic E-state index is 12.8. The van der Waals surface area contributed by atoms with Crippen LogP contribution < -0.4 is 10.1 Å². The van der Waals surface area contributed by atoms with Crippen molar-refractivity contribution in [3.8, 4) is 5.75 Å². The molecule has 0 unspecified atom stereocenters. The number of sulfonamides is 1. The van der Waals surface area contributed by atoms with E-state index in [4.69, 9.17) is 27.9 Å². The Morgan fingerprint density at radius 3 is 2.55 bits per heavy atom. The Hall–Kier alpha value is -1.80. The average molecular weight is 513 g/mol. The number of rotatable bonds is 10. The number of halogens is 2. The molecule has 6 nitrogen and oxygen atoms in total. The van der Waals surface area contributed by atoms with Gasteiger partial charge in [-0.25, -0.2) is 12.7 Å². The summed E-state index contributed by atoms with van der Waals surface area (Å²) in [6, 6.07) is 12.7. The minimum atomic E-state index is -3.52. The molecule has 1 aliphatic rings. The second-order valence-corrected chi connectivity index (χ2v) is 10.9. The molecule has 0 radical (unpaired) electrons. The fourth-order valence-corrected chi connectivity index (χ4v) is 6.11. The summed E-state index contributed by atoms with van der Waals surface area (Å²) < 4.78 is 32.7. The first-order valence-corrected chi connectivity index (χ1v) is 13.6. The van der Waals surface area contributed by atoms with Crippen molar-refractivity contribution in [1.82, 2.24) is 9.62 Å². The smallest absolute Gasteiger partial charge is 0.223 e. The van der Waals surface area contributed by atoms with Crippen molar-refractivity contribution in [2.24, 2.45) is 5.92 Å². The van der Waals surface area contributed by atoms with E-state index in [2.05, 4.69) is 5.32 Å². The lowest BCUT2D eigenvalue weighted by atomic mass is 9.97. The van der Waals surface area contributed by atoms with Gasteiger partial charge in [-0.2, -0.15) is 0 Å². The fraction of sp³-hybridized carbons (Fsp3) is 0.458. The number of piperidine rings is 1. The van der Waals surface area contributed by atoms with Crippen molar-refractivity contribution >= 4 is 39.1 Å². The van der Waals surface area contributed by atoms with Gasteiger partial charge in [0.05, 0.1) is 12.4 Å². The SMILES string of the molecule is CCOc1ccccc1CCCNC(=O)C1CCN(S(=O)(=O)Cc2ccc(Cl)cc2Cl)CC1. The van der Waals surface area contributed by atoms with Gasteiger partial charge in [0.1, 0.15) is 5.75 Å². The van der Waals surface area contributed by atoms with Crippen molar-refractivity contribution in [3.63, 3.8) is 0 Å². The largest absolute Gasteiger partial charge is 0.494 e. The number of nitrogens with one attached hydrogen (secondary N) is 1. The third kappa shape index (κ3) is 7.34. The normalized spacial score (nSPS) is 15.4. The molecule has 33 heavy (non-hydrogen) atoms. The van der Waals surface area contributed by atoms with E-state index in [1.165, 1.54) is 4.31 Å². The van der Waals surface area contributed by atoms with Crippen molar-refractivity contribution in [1.29, 1.82) is 0 Å². The van der Waals surface area contributed by atoms with Crippen LogP contribution in [0.25, 0.3) is 0 Å². The molecular formula is C24H30Cl2N2O4S. The summed E-state index contributed by atoms with van der Waals surface area (Å²) in [5, 5.41) is 3.80. The van der Waals surface area contributed by atoms with Crippen LogP contribution in [-0.4, -0.2) is 44.9 Å². The predicted octanol–water partition coefficient (Wildman–Crippen LogP) is 4.68. The number of benzene rings is 2. The molecule has 3 rings (SSSR count). The first-order chi connectivity index (χ1) is 15.8. The van der Waals surface area contributed by atoms with Crippen LogP contribution in [0.3, 0.4) is 0 Å². The maximum absolute atomic E-state index is 12.8. The van der Waals surface area contributed by atoms with Gasteiger partial charge < -0.3 is 10.1 Å². The van der Waals surface area contributed by atoms with Crippen LogP contribution in [0.1, 0.15) is 37.3 Å². The van der Waals surface area contributed by atoms with E-state index < -0.39 is 10.0 Å². The highest BCUT2D eigenvalue weighted by atomic mass is 35.5. The molecule has 2 aromatic rings. The summed E-state index contributed by atoms with van der Waals surface area (Å²) in [6.45, 7) is 3.81. The van der Waals surface area contributed by atoms with Crippen molar-refractivity contribution in [2.75, 3.05) is 26.2 Å². The quantitative estimate of drug-likeness (QED) is 0.468. The van der Waals surface area contributed by atoms with Gasteiger partial charge in [0.2, 0.25) is 15.9 Å². The first-order valence-electron chi connectivity index (χ1n) is 11.2. The predicted molar refractivity (Wildman–Crippen MR) is 132 cm³/mol. The number of amides is 1. The number of aryl methyl sites for hydroxylation is 1. The minimum absolute atomic E-state index is 0.00844. The van der Waals surface area contributed by atoms with E-state index in [0.717, 1.165) is 24.2 Å². The van der Waals surface area contributed by atoms with Gasteiger partial charge in [0.25, 0.3) is 0 Å². The molecule has 2 aromatic carbocycles. The second-order valence-electron chi connectivity index (χ2n) is 8.10.